The van der Waals surface area contributed by atoms with Crippen LogP contribution in [0.2, 0.25) is 0 Å². The van der Waals surface area contributed by atoms with Gasteiger partial charge in [0.1, 0.15) is 0 Å². The van der Waals surface area contributed by atoms with Crippen molar-refractivity contribution in [1.82, 2.24) is 5.32 Å². The van der Waals surface area contributed by atoms with Gasteiger partial charge in [-0.25, -0.2) is 0 Å². The molecule has 0 spiro atoms. The molecule has 1 saturated carbocycles. The minimum atomic E-state index is -0.842. The minimum Gasteiger partial charge on any atom is -0.481 e. The highest BCUT2D eigenvalue weighted by molar-refractivity contribution is 7.09. The van der Waals surface area contributed by atoms with Gasteiger partial charge in [-0.2, -0.15) is 0 Å². The third kappa shape index (κ3) is 3.10. The molecule has 1 heterocycles. The molecule has 0 unspecified atom stereocenters. The molecule has 2 rings (SSSR count). The van der Waals surface area contributed by atoms with E-state index in [9.17, 15) is 9.59 Å². The van der Waals surface area contributed by atoms with Crippen LogP contribution in [0.4, 0.5) is 0 Å². The average molecular weight is 267 g/mol. The van der Waals surface area contributed by atoms with Crippen LogP contribution < -0.4 is 5.32 Å². The van der Waals surface area contributed by atoms with Gasteiger partial charge in [-0.3, -0.25) is 9.59 Å². The number of nitrogens with one attached hydrogen (secondary N) is 1. The van der Waals surface area contributed by atoms with Crippen LogP contribution in [0, 0.1) is 11.8 Å². The van der Waals surface area contributed by atoms with E-state index in [4.69, 9.17) is 5.11 Å². The lowest BCUT2D eigenvalue weighted by atomic mass is 9.79. The maximum atomic E-state index is 12.0. The topological polar surface area (TPSA) is 66.4 Å². The first-order valence-corrected chi connectivity index (χ1v) is 7.09. The Hall–Kier alpha value is -1.36. The molecule has 0 aliphatic heterocycles. The number of hydrogen-bond acceptors (Lipinski definition) is 3. The lowest BCUT2D eigenvalue weighted by molar-refractivity contribution is -0.148. The minimum absolute atomic E-state index is 0.115. The molecular weight excluding hydrogens is 250 g/mol. The quantitative estimate of drug-likeness (QED) is 0.879. The van der Waals surface area contributed by atoms with Gasteiger partial charge in [-0.15, -0.1) is 11.3 Å². The van der Waals surface area contributed by atoms with Gasteiger partial charge in [0.2, 0.25) is 5.91 Å². The molecule has 0 bridgehead atoms. The fraction of sp³-hybridized carbons (Fsp3) is 0.538. The third-order valence-electron chi connectivity index (χ3n) is 3.44. The number of rotatable bonds is 4. The van der Waals surface area contributed by atoms with Crippen LogP contribution in [0.1, 0.15) is 30.6 Å². The summed E-state index contributed by atoms with van der Waals surface area (Å²) >= 11 is 1.59. The van der Waals surface area contributed by atoms with Crippen molar-refractivity contribution in [2.75, 3.05) is 0 Å². The van der Waals surface area contributed by atoms with Gasteiger partial charge in [-0.1, -0.05) is 18.9 Å². The highest BCUT2D eigenvalue weighted by Crippen LogP contribution is 2.30. The van der Waals surface area contributed by atoms with E-state index >= 15 is 0 Å². The summed E-state index contributed by atoms with van der Waals surface area (Å²) in [6.07, 6.45) is 3.16. The van der Waals surface area contributed by atoms with Crippen LogP contribution in [0.5, 0.6) is 0 Å². The molecule has 18 heavy (non-hydrogen) atoms. The summed E-state index contributed by atoms with van der Waals surface area (Å²) in [5, 5.41) is 13.9. The van der Waals surface area contributed by atoms with Gasteiger partial charge in [0, 0.05) is 4.88 Å². The van der Waals surface area contributed by atoms with Crippen LogP contribution in [-0.4, -0.2) is 17.0 Å². The molecule has 5 heteroatoms. The first kappa shape index (κ1) is 13.1. The van der Waals surface area contributed by atoms with Crippen molar-refractivity contribution in [3.8, 4) is 0 Å². The number of carbonyl (C=O) groups is 2. The summed E-state index contributed by atoms with van der Waals surface area (Å²) < 4.78 is 0. The summed E-state index contributed by atoms with van der Waals surface area (Å²) in [6.45, 7) is 0.499. The molecule has 1 aliphatic rings. The number of hydrogen-bond donors (Lipinski definition) is 2. The standard InChI is InChI=1S/C13H17NO3S/c15-12(14-8-9-4-3-7-18-9)10-5-1-2-6-11(10)13(16)17/h3-4,7,10-11H,1-2,5-6,8H2,(H,14,15)(H,16,17)/t10-,11+/m1/s1. The Balaban J connectivity index is 1.92. The second-order valence-electron chi connectivity index (χ2n) is 4.63. The Morgan fingerprint density at radius 2 is 2.06 bits per heavy atom. The van der Waals surface area contributed by atoms with Crippen LogP contribution in [-0.2, 0) is 16.1 Å². The Morgan fingerprint density at radius 1 is 1.33 bits per heavy atom. The van der Waals surface area contributed by atoms with Crippen molar-refractivity contribution in [3.05, 3.63) is 22.4 Å². The summed E-state index contributed by atoms with van der Waals surface area (Å²) in [7, 11) is 0. The zero-order valence-electron chi connectivity index (χ0n) is 10.1. The number of carboxylic acid groups (broad SMARTS) is 1. The molecule has 1 aromatic rings. The number of amides is 1. The van der Waals surface area contributed by atoms with E-state index in [-0.39, 0.29) is 11.8 Å². The van der Waals surface area contributed by atoms with Gasteiger partial charge < -0.3 is 10.4 Å². The molecule has 98 valence electrons. The van der Waals surface area contributed by atoms with Gasteiger partial charge in [0.05, 0.1) is 18.4 Å². The highest BCUT2D eigenvalue weighted by atomic mass is 32.1. The molecule has 1 aromatic heterocycles. The Morgan fingerprint density at radius 3 is 2.67 bits per heavy atom. The summed E-state index contributed by atoms with van der Waals surface area (Å²) in [6, 6.07) is 3.90. The van der Waals surface area contributed by atoms with E-state index in [1.807, 2.05) is 17.5 Å². The van der Waals surface area contributed by atoms with Gasteiger partial charge >= 0.3 is 5.97 Å². The molecule has 2 N–H and O–H groups in total. The molecule has 1 amide bonds. The van der Waals surface area contributed by atoms with Crippen LogP contribution in [0.15, 0.2) is 17.5 Å². The summed E-state index contributed by atoms with van der Waals surface area (Å²) in [4.78, 5) is 24.3. The fourth-order valence-electron chi connectivity index (χ4n) is 2.46. The van der Waals surface area contributed by atoms with E-state index in [0.717, 1.165) is 17.7 Å². The molecular formula is C13H17NO3S. The predicted molar refractivity (Wildman–Crippen MR) is 69.2 cm³/mol. The van der Waals surface area contributed by atoms with Crippen molar-refractivity contribution in [2.45, 2.75) is 32.2 Å². The maximum absolute atomic E-state index is 12.0. The monoisotopic (exact) mass is 267 g/mol. The number of aliphatic carboxylic acids is 1. The van der Waals surface area contributed by atoms with E-state index in [1.165, 1.54) is 0 Å². The molecule has 4 nitrogen and oxygen atoms in total. The van der Waals surface area contributed by atoms with E-state index in [1.54, 1.807) is 11.3 Å². The second kappa shape index (κ2) is 6.00. The Kier molecular flexibility index (Phi) is 4.36. The fourth-order valence-corrected chi connectivity index (χ4v) is 3.10. The van der Waals surface area contributed by atoms with Crippen molar-refractivity contribution in [1.29, 1.82) is 0 Å². The van der Waals surface area contributed by atoms with Crippen LogP contribution >= 0.6 is 11.3 Å². The van der Waals surface area contributed by atoms with Crippen LogP contribution in [0.3, 0.4) is 0 Å². The highest BCUT2D eigenvalue weighted by Gasteiger charge is 2.35. The zero-order chi connectivity index (χ0) is 13.0. The Labute approximate surface area is 110 Å². The van der Waals surface area contributed by atoms with E-state index < -0.39 is 11.9 Å². The van der Waals surface area contributed by atoms with Crippen molar-refractivity contribution in [2.24, 2.45) is 11.8 Å². The zero-order valence-corrected chi connectivity index (χ0v) is 10.9. The lowest BCUT2D eigenvalue weighted by Gasteiger charge is -2.27. The summed E-state index contributed by atoms with van der Waals surface area (Å²) in [5.41, 5.74) is 0. The normalized spacial score (nSPS) is 23.6. The molecule has 0 aromatic carbocycles. The number of carboxylic acids is 1. The smallest absolute Gasteiger partial charge is 0.307 e. The van der Waals surface area contributed by atoms with Gasteiger partial charge in [0.25, 0.3) is 0 Å². The second-order valence-corrected chi connectivity index (χ2v) is 5.67. The first-order chi connectivity index (χ1) is 8.68. The molecule has 2 atom stereocenters. The van der Waals surface area contributed by atoms with E-state index in [2.05, 4.69) is 5.32 Å². The largest absolute Gasteiger partial charge is 0.481 e. The van der Waals surface area contributed by atoms with E-state index in [0.29, 0.717) is 19.4 Å². The van der Waals surface area contributed by atoms with Crippen molar-refractivity contribution < 1.29 is 14.7 Å². The van der Waals surface area contributed by atoms with Crippen molar-refractivity contribution in [3.63, 3.8) is 0 Å². The lowest BCUT2D eigenvalue weighted by Crippen LogP contribution is -2.39. The Bertz CT molecular complexity index is 416. The molecule has 1 aliphatic carbocycles. The maximum Gasteiger partial charge on any atom is 0.307 e. The van der Waals surface area contributed by atoms with Crippen molar-refractivity contribution >= 4 is 23.2 Å². The van der Waals surface area contributed by atoms with Gasteiger partial charge in [0.15, 0.2) is 0 Å². The predicted octanol–water partition coefficient (Wildman–Crippen LogP) is 2.26. The third-order valence-corrected chi connectivity index (χ3v) is 4.31. The average Bonchev–Trinajstić information content (AvgIpc) is 2.89. The SMILES string of the molecule is O=C(O)[C@H]1CCCC[C@H]1C(=O)NCc1cccs1. The molecule has 0 saturated heterocycles. The summed E-state index contributed by atoms with van der Waals surface area (Å²) in [5.74, 6) is -1.83. The van der Waals surface area contributed by atoms with Crippen LogP contribution in [0.25, 0.3) is 0 Å². The van der Waals surface area contributed by atoms with Gasteiger partial charge in [-0.05, 0) is 24.3 Å². The molecule has 0 radical (unpaired) electrons. The first-order valence-electron chi connectivity index (χ1n) is 6.21. The molecule has 1 fully saturated rings. The number of thiophene rings is 1. The number of carbonyl (C=O) groups excluding carboxylic acids is 1.